The Labute approximate surface area is 118 Å². The van der Waals surface area contributed by atoms with E-state index in [9.17, 15) is 26.7 Å². The molecule has 0 aliphatic carbocycles. The molecule has 2 atom stereocenters. The van der Waals surface area contributed by atoms with E-state index >= 15 is 0 Å². The minimum Gasteiger partial charge on any atom is -0.390 e. The Hall–Kier alpha value is -0.990. The molecule has 1 aliphatic rings. The normalized spacial score (nSPS) is 25.6. The lowest BCUT2D eigenvalue weighted by molar-refractivity contribution is -0.137. The van der Waals surface area contributed by atoms with Gasteiger partial charge in [-0.1, -0.05) is 17.7 Å². The maximum absolute atomic E-state index is 12.9. The van der Waals surface area contributed by atoms with Crippen LogP contribution in [0.5, 0.6) is 0 Å². The van der Waals surface area contributed by atoms with E-state index in [1.54, 1.807) is 0 Å². The van der Waals surface area contributed by atoms with Crippen LogP contribution in [-0.4, -0.2) is 37.2 Å². The zero-order chi connectivity index (χ0) is 15.1. The Morgan fingerprint density at radius 2 is 1.95 bits per heavy atom. The molecule has 0 saturated carbocycles. The molecule has 1 heterocycles. The van der Waals surface area contributed by atoms with Crippen LogP contribution in [0.25, 0.3) is 0 Å². The Bertz CT molecular complexity index is 618. The molecule has 20 heavy (non-hydrogen) atoms. The Balaban J connectivity index is 2.35. The molecule has 0 aromatic heterocycles. The van der Waals surface area contributed by atoms with Crippen LogP contribution in [-0.2, 0) is 16.0 Å². The summed E-state index contributed by atoms with van der Waals surface area (Å²) in [6.07, 6.45) is -5.90. The molecule has 2 rings (SSSR count). The fourth-order valence-corrected chi connectivity index (χ4v) is 4.03. The summed E-state index contributed by atoms with van der Waals surface area (Å²) in [7, 11) is -3.46. The predicted molar refractivity (Wildman–Crippen MR) is 68.5 cm³/mol. The van der Waals surface area contributed by atoms with E-state index in [2.05, 4.69) is 5.32 Å². The third-order valence-corrected chi connectivity index (χ3v) is 5.00. The molecule has 0 amide bonds. The first-order chi connectivity index (χ1) is 9.10. The lowest BCUT2D eigenvalue weighted by Crippen LogP contribution is -2.32. The second kappa shape index (κ2) is 5.09. The van der Waals surface area contributed by atoms with Gasteiger partial charge in [-0.3, -0.25) is 0 Å². The third kappa shape index (κ3) is 3.18. The van der Waals surface area contributed by atoms with Crippen molar-refractivity contribution in [3.8, 4) is 0 Å². The SMILES string of the molecule is O=S1(=O)CC(O)C(Nc2c(Cl)cccc2C(F)(F)F)C1. The number of halogens is 4. The van der Waals surface area contributed by atoms with E-state index in [1.807, 2.05) is 0 Å². The van der Waals surface area contributed by atoms with Crippen molar-refractivity contribution >= 4 is 27.1 Å². The monoisotopic (exact) mass is 329 g/mol. The summed E-state index contributed by atoms with van der Waals surface area (Å²) in [4.78, 5) is 0. The summed E-state index contributed by atoms with van der Waals surface area (Å²) in [5.41, 5.74) is -1.41. The van der Waals surface area contributed by atoms with Crippen LogP contribution >= 0.6 is 11.6 Å². The van der Waals surface area contributed by atoms with Gasteiger partial charge in [-0.25, -0.2) is 8.42 Å². The highest BCUT2D eigenvalue weighted by Crippen LogP contribution is 2.39. The maximum atomic E-state index is 12.9. The van der Waals surface area contributed by atoms with Crippen molar-refractivity contribution in [2.24, 2.45) is 0 Å². The van der Waals surface area contributed by atoms with Crippen LogP contribution in [0, 0.1) is 0 Å². The maximum Gasteiger partial charge on any atom is 0.418 e. The molecule has 0 radical (unpaired) electrons. The van der Waals surface area contributed by atoms with Gasteiger partial charge in [-0.15, -0.1) is 0 Å². The fourth-order valence-electron chi connectivity index (χ4n) is 2.06. The standard InChI is InChI=1S/C11H11ClF3NO3S/c12-7-3-1-2-6(11(13,14)15)10(7)16-8-4-20(18,19)5-9(8)17/h1-3,8-9,16-17H,4-5H2. The molecule has 1 fully saturated rings. The van der Waals surface area contributed by atoms with E-state index < -0.39 is 50.9 Å². The average Bonchev–Trinajstić information content (AvgIpc) is 2.53. The molecule has 1 aromatic rings. The molecule has 1 aliphatic heterocycles. The lowest BCUT2D eigenvalue weighted by Gasteiger charge is -2.21. The van der Waals surface area contributed by atoms with Gasteiger partial charge in [0.1, 0.15) is 0 Å². The summed E-state index contributed by atoms with van der Waals surface area (Å²) in [6.45, 7) is 0. The number of nitrogens with one attached hydrogen (secondary N) is 1. The Kier molecular flexibility index (Phi) is 3.92. The number of hydrogen-bond donors (Lipinski definition) is 2. The van der Waals surface area contributed by atoms with Gasteiger partial charge in [0.25, 0.3) is 0 Å². The average molecular weight is 330 g/mol. The molecular weight excluding hydrogens is 319 g/mol. The van der Waals surface area contributed by atoms with Crippen LogP contribution in [0.3, 0.4) is 0 Å². The van der Waals surface area contributed by atoms with Gasteiger partial charge in [0, 0.05) is 0 Å². The van der Waals surface area contributed by atoms with Gasteiger partial charge < -0.3 is 10.4 Å². The van der Waals surface area contributed by atoms with Crippen LogP contribution in [0.4, 0.5) is 18.9 Å². The minimum absolute atomic E-state index is 0.184. The van der Waals surface area contributed by atoms with E-state index in [0.717, 1.165) is 12.1 Å². The van der Waals surface area contributed by atoms with E-state index in [0.29, 0.717) is 0 Å². The highest BCUT2D eigenvalue weighted by molar-refractivity contribution is 7.91. The molecule has 0 spiro atoms. The number of benzene rings is 1. The molecule has 4 nitrogen and oxygen atoms in total. The summed E-state index contributed by atoms with van der Waals surface area (Å²) < 4.78 is 61.3. The highest BCUT2D eigenvalue weighted by atomic mass is 35.5. The van der Waals surface area contributed by atoms with Crippen LogP contribution < -0.4 is 5.32 Å². The van der Waals surface area contributed by atoms with Gasteiger partial charge in [0.05, 0.1) is 39.9 Å². The van der Waals surface area contributed by atoms with Crippen molar-refractivity contribution < 1.29 is 26.7 Å². The molecule has 1 saturated heterocycles. The zero-order valence-electron chi connectivity index (χ0n) is 9.98. The van der Waals surface area contributed by atoms with Crippen molar-refractivity contribution in [3.63, 3.8) is 0 Å². The van der Waals surface area contributed by atoms with Crippen LogP contribution in [0.1, 0.15) is 5.56 Å². The van der Waals surface area contributed by atoms with Crippen molar-refractivity contribution in [3.05, 3.63) is 28.8 Å². The number of rotatable bonds is 2. The van der Waals surface area contributed by atoms with Crippen LogP contribution in [0.2, 0.25) is 5.02 Å². The first-order valence-electron chi connectivity index (χ1n) is 5.61. The third-order valence-electron chi connectivity index (χ3n) is 2.97. The van der Waals surface area contributed by atoms with Crippen LogP contribution in [0.15, 0.2) is 18.2 Å². The van der Waals surface area contributed by atoms with E-state index in [4.69, 9.17) is 11.6 Å². The number of hydrogen-bond acceptors (Lipinski definition) is 4. The summed E-state index contributed by atoms with van der Waals surface area (Å²) in [6, 6.07) is 2.23. The quantitative estimate of drug-likeness (QED) is 0.870. The van der Waals surface area contributed by atoms with Crippen molar-refractivity contribution in [1.29, 1.82) is 0 Å². The van der Waals surface area contributed by atoms with Gasteiger partial charge in [0.15, 0.2) is 9.84 Å². The molecule has 1 aromatic carbocycles. The number of aliphatic hydroxyl groups is 1. The fraction of sp³-hybridized carbons (Fsp3) is 0.455. The molecule has 2 N–H and O–H groups in total. The Morgan fingerprint density at radius 3 is 2.45 bits per heavy atom. The van der Waals surface area contributed by atoms with Gasteiger partial charge in [-0.05, 0) is 12.1 Å². The van der Waals surface area contributed by atoms with Gasteiger partial charge in [0.2, 0.25) is 0 Å². The molecule has 112 valence electrons. The van der Waals surface area contributed by atoms with Crippen molar-refractivity contribution in [2.45, 2.75) is 18.3 Å². The Morgan fingerprint density at radius 1 is 1.30 bits per heavy atom. The number of anilines is 1. The second-order valence-corrected chi connectivity index (χ2v) is 7.12. The number of aliphatic hydroxyl groups excluding tert-OH is 1. The topological polar surface area (TPSA) is 66.4 Å². The number of para-hydroxylation sites is 1. The zero-order valence-corrected chi connectivity index (χ0v) is 11.6. The number of sulfone groups is 1. The molecule has 9 heteroatoms. The second-order valence-electron chi connectivity index (χ2n) is 4.56. The molecule has 0 bridgehead atoms. The predicted octanol–water partition coefficient (Wildman–Crippen LogP) is 1.93. The van der Waals surface area contributed by atoms with E-state index in [-0.39, 0.29) is 5.02 Å². The lowest BCUT2D eigenvalue weighted by atomic mass is 10.1. The van der Waals surface area contributed by atoms with Gasteiger partial charge >= 0.3 is 6.18 Å². The van der Waals surface area contributed by atoms with E-state index in [1.165, 1.54) is 6.07 Å². The minimum atomic E-state index is -4.63. The number of alkyl halides is 3. The molecule has 2 unspecified atom stereocenters. The van der Waals surface area contributed by atoms with Crippen molar-refractivity contribution in [2.75, 3.05) is 16.8 Å². The first-order valence-corrected chi connectivity index (χ1v) is 7.81. The smallest absolute Gasteiger partial charge is 0.390 e. The van der Waals surface area contributed by atoms with Gasteiger partial charge in [-0.2, -0.15) is 13.2 Å². The largest absolute Gasteiger partial charge is 0.418 e. The summed E-state index contributed by atoms with van der Waals surface area (Å²) in [5, 5.41) is 11.8. The van der Waals surface area contributed by atoms with Crippen molar-refractivity contribution in [1.82, 2.24) is 0 Å². The summed E-state index contributed by atoms with van der Waals surface area (Å²) in [5.74, 6) is -0.910. The first kappa shape index (κ1) is 15.4. The molecular formula is C11H11ClF3NO3S. The highest BCUT2D eigenvalue weighted by Gasteiger charge is 2.39. The summed E-state index contributed by atoms with van der Waals surface area (Å²) >= 11 is 5.74.